The molecule has 76 valence electrons. The monoisotopic (exact) mass is 221 g/mol. The Morgan fingerprint density at radius 1 is 1.53 bits per heavy atom. The van der Waals surface area contributed by atoms with E-state index in [2.05, 4.69) is 25.6 Å². The first kappa shape index (κ1) is 9.78. The van der Waals surface area contributed by atoms with Gasteiger partial charge in [-0.2, -0.15) is 5.21 Å². The fourth-order valence-corrected chi connectivity index (χ4v) is 1.75. The molecular weight excluding hydrogens is 214 g/mol. The van der Waals surface area contributed by atoms with E-state index in [0.29, 0.717) is 11.5 Å². The minimum absolute atomic E-state index is 0.00672. The van der Waals surface area contributed by atoms with Gasteiger partial charge in [-0.05, 0) is 29.1 Å². The molecule has 2 rings (SSSR count). The van der Waals surface area contributed by atoms with Crippen molar-refractivity contribution in [3.8, 4) is 11.5 Å². The van der Waals surface area contributed by atoms with E-state index in [1.54, 1.807) is 18.3 Å². The fourth-order valence-electron chi connectivity index (χ4n) is 1.06. The predicted molar refractivity (Wildman–Crippen MR) is 53.9 cm³/mol. The van der Waals surface area contributed by atoms with Gasteiger partial charge in [-0.15, -0.1) is 10.2 Å². The van der Waals surface area contributed by atoms with Crippen LogP contribution in [-0.4, -0.2) is 30.7 Å². The van der Waals surface area contributed by atoms with Crippen LogP contribution in [0.1, 0.15) is 6.92 Å². The van der Waals surface area contributed by atoms with Crippen molar-refractivity contribution in [2.45, 2.75) is 11.8 Å². The molecule has 0 aliphatic carbocycles. The number of thioether (sulfide) groups is 1. The molecule has 1 N–H and O–H groups in total. The second-order valence-electron chi connectivity index (χ2n) is 2.68. The molecule has 7 heteroatoms. The van der Waals surface area contributed by atoms with Crippen LogP contribution in [0.25, 0.3) is 11.5 Å². The highest BCUT2D eigenvalue weighted by Gasteiger charge is 2.12. The number of hydrogen-bond donors (Lipinski definition) is 1. The Balaban J connectivity index is 2.42. The molecule has 0 saturated carbocycles. The van der Waals surface area contributed by atoms with E-state index in [1.807, 2.05) is 0 Å². The molecule has 0 bridgehead atoms. The van der Waals surface area contributed by atoms with Crippen molar-refractivity contribution < 1.29 is 4.79 Å². The van der Waals surface area contributed by atoms with E-state index in [1.165, 1.54) is 6.92 Å². The molecule has 15 heavy (non-hydrogen) atoms. The molecule has 0 spiro atoms. The summed E-state index contributed by atoms with van der Waals surface area (Å²) in [5.74, 6) is 0.388. The number of carbonyl (C=O) groups is 1. The summed E-state index contributed by atoms with van der Waals surface area (Å²) < 4.78 is 0. The zero-order valence-corrected chi connectivity index (χ0v) is 8.65. The molecule has 0 radical (unpaired) electrons. The first-order chi connectivity index (χ1) is 7.27. The summed E-state index contributed by atoms with van der Waals surface area (Å²) in [5.41, 5.74) is 0.562. The number of carbonyl (C=O) groups excluding carboxylic acids is 1. The van der Waals surface area contributed by atoms with Gasteiger partial charge in [-0.25, -0.2) is 0 Å². The molecule has 0 aliphatic rings. The van der Waals surface area contributed by atoms with Crippen molar-refractivity contribution in [2.24, 2.45) is 0 Å². The lowest BCUT2D eigenvalue weighted by molar-refractivity contribution is -0.109. The lowest BCUT2D eigenvalue weighted by Crippen LogP contribution is -1.91. The van der Waals surface area contributed by atoms with Crippen LogP contribution in [0.2, 0.25) is 0 Å². The largest absolute Gasteiger partial charge is 0.287 e. The Morgan fingerprint density at radius 3 is 3.07 bits per heavy atom. The molecule has 0 unspecified atom stereocenters. The molecule has 0 atom stereocenters. The van der Waals surface area contributed by atoms with Gasteiger partial charge in [0, 0.05) is 18.0 Å². The first-order valence-electron chi connectivity index (χ1n) is 4.14. The van der Waals surface area contributed by atoms with E-state index in [-0.39, 0.29) is 5.12 Å². The molecule has 2 aromatic heterocycles. The Morgan fingerprint density at radius 2 is 2.40 bits per heavy atom. The van der Waals surface area contributed by atoms with Crippen molar-refractivity contribution >= 4 is 16.9 Å². The quantitative estimate of drug-likeness (QED) is 0.758. The van der Waals surface area contributed by atoms with Crippen LogP contribution >= 0.6 is 11.8 Å². The van der Waals surface area contributed by atoms with Crippen LogP contribution in [0.5, 0.6) is 0 Å². The average Bonchev–Trinajstić information content (AvgIpc) is 2.70. The number of nitrogens with zero attached hydrogens (tertiary/aromatic N) is 4. The molecule has 6 nitrogen and oxygen atoms in total. The zero-order chi connectivity index (χ0) is 10.7. The van der Waals surface area contributed by atoms with Crippen molar-refractivity contribution in [1.29, 1.82) is 0 Å². The Hall–Kier alpha value is -1.76. The normalized spacial score (nSPS) is 10.2. The zero-order valence-electron chi connectivity index (χ0n) is 7.84. The SMILES string of the molecule is CC(=O)Sc1cccnc1-c1nn[nH]n1. The predicted octanol–water partition coefficient (Wildman–Crippen LogP) is 0.900. The summed E-state index contributed by atoms with van der Waals surface area (Å²) in [6, 6.07) is 3.56. The van der Waals surface area contributed by atoms with Crippen LogP contribution in [0, 0.1) is 0 Å². The number of H-pyrrole nitrogens is 1. The third-order valence-corrected chi connectivity index (χ3v) is 2.42. The number of rotatable bonds is 2. The van der Waals surface area contributed by atoms with Gasteiger partial charge in [0.05, 0.1) is 0 Å². The third kappa shape index (κ3) is 2.18. The highest BCUT2D eigenvalue weighted by molar-refractivity contribution is 8.13. The van der Waals surface area contributed by atoms with Crippen LogP contribution < -0.4 is 0 Å². The molecule has 0 amide bonds. The lowest BCUT2D eigenvalue weighted by atomic mass is 10.3. The molecule has 0 aromatic carbocycles. The Labute approximate surface area is 89.5 Å². The Bertz CT molecular complexity index is 470. The highest BCUT2D eigenvalue weighted by atomic mass is 32.2. The van der Waals surface area contributed by atoms with Crippen molar-refractivity contribution in [3.05, 3.63) is 18.3 Å². The number of hydrogen-bond acceptors (Lipinski definition) is 6. The molecule has 0 saturated heterocycles. The summed E-state index contributed by atoms with van der Waals surface area (Å²) in [7, 11) is 0. The number of tetrazole rings is 1. The van der Waals surface area contributed by atoms with E-state index < -0.39 is 0 Å². The summed E-state index contributed by atoms with van der Waals surface area (Å²) in [6.45, 7) is 1.50. The van der Waals surface area contributed by atoms with E-state index in [9.17, 15) is 4.79 Å². The number of aromatic amines is 1. The van der Waals surface area contributed by atoms with Crippen molar-refractivity contribution in [3.63, 3.8) is 0 Å². The topological polar surface area (TPSA) is 84.4 Å². The lowest BCUT2D eigenvalue weighted by Gasteiger charge is -2.00. The maximum Gasteiger partial charge on any atom is 0.224 e. The maximum absolute atomic E-state index is 11.0. The van der Waals surface area contributed by atoms with E-state index in [0.717, 1.165) is 16.7 Å². The second kappa shape index (κ2) is 4.18. The molecule has 0 aliphatic heterocycles. The maximum atomic E-state index is 11.0. The van der Waals surface area contributed by atoms with Gasteiger partial charge >= 0.3 is 0 Å². The second-order valence-corrected chi connectivity index (χ2v) is 3.90. The average molecular weight is 221 g/mol. The minimum atomic E-state index is -0.00672. The molecule has 2 heterocycles. The van der Waals surface area contributed by atoms with Gasteiger partial charge in [-0.3, -0.25) is 9.78 Å². The summed E-state index contributed by atoms with van der Waals surface area (Å²) >= 11 is 1.10. The highest BCUT2D eigenvalue weighted by Crippen LogP contribution is 2.26. The summed E-state index contributed by atoms with van der Waals surface area (Å²) in [6.07, 6.45) is 1.62. The van der Waals surface area contributed by atoms with Gasteiger partial charge in [-0.1, -0.05) is 0 Å². The van der Waals surface area contributed by atoms with Gasteiger partial charge in [0.1, 0.15) is 5.69 Å². The van der Waals surface area contributed by atoms with E-state index >= 15 is 0 Å². The van der Waals surface area contributed by atoms with Crippen LogP contribution in [0.4, 0.5) is 0 Å². The Kier molecular flexibility index (Phi) is 2.72. The molecule has 2 aromatic rings. The van der Waals surface area contributed by atoms with Crippen molar-refractivity contribution in [1.82, 2.24) is 25.6 Å². The van der Waals surface area contributed by atoms with Crippen molar-refractivity contribution in [2.75, 3.05) is 0 Å². The van der Waals surface area contributed by atoms with Gasteiger partial charge in [0.15, 0.2) is 5.12 Å². The van der Waals surface area contributed by atoms with E-state index in [4.69, 9.17) is 0 Å². The standard InChI is InChI=1S/C8H7N5OS/c1-5(14)15-6-3-2-4-9-7(6)8-10-12-13-11-8/h2-4H,1H3,(H,10,11,12,13). The summed E-state index contributed by atoms with van der Waals surface area (Å²) in [5, 5.41) is 13.4. The number of aromatic nitrogens is 5. The number of pyridine rings is 1. The first-order valence-corrected chi connectivity index (χ1v) is 4.96. The summed E-state index contributed by atoms with van der Waals surface area (Å²) in [4.78, 5) is 15.9. The molecule has 0 fully saturated rings. The van der Waals surface area contributed by atoms with Gasteiger partial charge < -0.3 is 0 Å². The van der Waals surface area contributed by atoms with Gasteiger partial charge in [0.25, 0.3) is 0 Å². The van der Waals surface area contributed by atoms with Crippen LogP contribution in [-0.2, 0) is 4.79 Å². The minimum Gasteiger partial charge on any atom is -0.287 e. The number of nitrogens with one attached hydrogen (secondary N) is 1. The molecular formula is C8H7N5OS. The smallest absolute Gasteiger partial charge is 0.224 e. The van der Waals surface area contributed by atoms with Crippen LogP contribution in [0.3, 0.4) is 0 Å². The van der Waals surface area contributed by atoms with Gasteiger partial charge in [0.2, 0.25) is 5.82 Å². The third-order valence-electron chi connectivity index (χ3n) is 1.58. The fraction of sp³-hybridized carbons (Fsp3) is 0.125. The van der Waals surface area contributed by atoms with Crippen LogP contribution in [0.15, 0.2) is 23.2 Å².